The van der Waals surface area contributed by atoms with Crippen molar-refractivity contribution >= 4 is 28.6 Å². The minimum atomic E-state index is -1.25. The van der Waals surface area contributed by atoms with Crippen LogP contribution in [0.2, 0.25) is 0 Å². The Balaban J connectivity index is 1.44. The summed E-state index contributed by atoms with van der Waals surface area (Å²) >= 11 is 0. The summed E-state index contributed by atoms with van der Waals surface area (Å²) < 4.78 is 7.08. The van der Waals surface area contributed by atoms with Crippen LogP contribution in [0.25, 0.3) is 11.2 Å². The summed E-state index contributed by atoms with van der Waals surface area (Å²) in [6.45, 7) is 0.151. The first-order valence-corrected chi connectivity index (χ1v) is 10.7. The van der Waals surface area contributed by atoms with Gasteiger partial charge >= 0.3 is 5.97 Å². The fourth-order valence-electron chi connectivity index (χ4n) is 3.88. The molecule has 4 atom stereocenters. The second-order valence-electron chi connectivity index (χ2n) is 8.04. The van der Waals surface area contributed by atoms with Crippen LogP contribution in [0, 0.1) is 0 Å². The predicted octanol–water partition coefficient (Wildman–Crippen LogP) is 0.297. The Morgan fingerprint density at radius 2 is 1.85 bits per heavy atom. The van der Waals surface area contributed by atoms with Gasteiger partial charge in [0.2, 0.25) is 0 Å². The van der Waals surface area contributed by atoms with Gasteiger partial charge in [-0.25, -0.2) is 9.97 Å². The molecule has 1 saturated heterocycles. The van der Waals surface area contributed by atoms with Crippen LogP contribution in [0.15, 0.2) is 36.7 Å². The smallest absolute Gasteiger partial charge is 0.303 e. The number of pyridine rings is 1. The topological polar surface area (TPSA) is 176 Å². The van der Waals surface area contributed by atoms with Crippen molar-refractivity contribution in [1.29, 1.82) is 0 Å². The zero-order valence-corrected chi connectivity index (χ0v) is 17.8. The molecule has 0 aliphatic carbocycles. The van der Waals surface area contributed by atoms with E-state index in [0.717, 1.165) is 11.1 Å². The molecule has 3 heterocycles. The Bertz CT molecular complexity index is 1120. The van der Waals surface area contributed by atoms with Gasteiger partial charge in [-0.05, 0) is 24.0 Å². The molecule has 4 rings (SSSR count). The second-order valence-corrected chi connectivity index (χ2v) is 8.04. The largest absolute Gasteiger partial charge is 0.481 e. The Kier molecular flexibility index (Phi) is 6.75. The quantitative estimate of drug-likeness (QED) is 0.262. The minimum absolute atomic E-state index is 0.107. The number of hydrogen-bond acceptors (Lipinski definition) is 9. The third-order valence-electron chi connectivity index (χ3n) is 5.72. The van der Waals surface area contributed by atoms with Crippen molar-refractivity contribution < 1.29 is 30.0 Å². The van der Waals surface area contributed by atoms with Gasteiger partial charge in [-0.2, -0.15) is 0 Å². The van der Waals surface area contributed by atoms with Crippen LogP contribution in [-0.2, 0) is 22.4 Å². The molecule has 11 heteroatoms. The molecule has 0 radical (unpaired) electrons. The number of nitrogens with zero attached hydrogens (tertiary/aromatic N) is 3. The third kappa shape index (κ3) is 4.91. The van der Waals surface area contributed by atoms with E-state index in [1.54, 1.807) is 6.07 Å². The van der Waals surface area contributed by atoms with Crippen molar-refractivity contribution in [3.8, 4) is 0 Å². The van der Waals surface area contributed by atoms with Crippen molar-refractivity contribution in [2.24, 2.45) is 0 Å². The fraction of sp³-hybridized carbons (Fsp3) is 0.409. The lowest BCUT2D eigenvalue weighted by Crippen LogP contribution is -2.33. The fourth-order valence-corrected chi connectivity index (χ4v) is 3.88. The Labute approximate surface area is 189 Å². The summed E-state index contributed by atoms with van der Waals surface area (Å²) in [6, 6.07) is 9.48. The lowest BCUT2D eigenvalue weighted by Gasteiger charge is -2.17. The highest BCUT2D eigenvalue weighted by atomic mass is 16.6. The van der Waals surface area contributed by atoms with Crippen molar-refractivity contribution in [3.63, 3.8) is 0 Å². The number of ether oxygens (including phenoxy) is 1. The number of fused-ring (bicyclic) bond motifs is 1. The van der Waals surface area contributed by atoms with E-state index in [0.29, 0.717) is 42.1 Å². The van der Waals surface area contributed by atoms with Crippen LogP contribution < -0.4 is 11.1 Å². The SMILES string of the molecule is Nc1cc(NCCc2ccc(CCC(=O)O)cc2)nc2c1ncn2[C@@H]1O[C@H](CO)[C@@H](O)[C@H]1O. The van der Waals surface area contributed by atoms with Crippen LogP contribution >= 0.6 is 0 Å². The number of nitrogens with one attached hydrogen (secondary N) is 1. The maximum absolute atomic E-state index is 10.7. The Morgan fingerprint density at radius 1 is 1.15 bits per heavy atom. The molecule has 0 spiro atoms. The lowest BCUT2D eigenvalue weighted by molar-refractivity contribution is -0.136. The van der Waals surface area contributed by atoms with Crippen molar-refractivity contribution in [1.82, 2.24) is 14.5 Å². The number of aromatic nitrogens is 3. The number of carboxylic acid groups (broad SMARTS) is 1. The van der Waals surface area contributed by atoms with E-state index in [-0.39, 0.29) is 6.42 Å². The van der Waals surface area contributed by atoms with Crippen LogP contribution in [0.3, 0.4) is 0 Å². The van der Waals surface area contributed by atoms with Gasteiger partial charge in [0, 0.05) is 19.0 Å². The average molecular weight is 457 g/mol. The summed E-state index contributed by atoms with van der Waals surface area (Å²) in [7, 11) is 0. The number of benzene rings is 1. The first kappa shape index (κ1) is 22.9. The minimum Gasteiger partial charge on any atom is -0.481 e. The number of rotatable bonds is 9. The van der Waals surface area contributed by atoms with E-state index in [1.807, 2.05) is 24.3 Å². The first-order chi connectivity index (χ1) is 15.9. The lowest BCUT2D eigenvalue weighted by atomic mass is 10.1. The van der Waals surface area contributed by atoms with Crippen LogP contribution in [0.1, 0.15) is 23.8 Å². The molecule has 1 aromatic carbocycles. The molecule has 0 bridgehead atoms. The van der Waals surface area contributed by atoms with Gasteiger partial charge in [0.25, 0.3) is 0 Å². The van der Waals surface area contributed by atoms with Gasteiger partial charge in [0.15, 0.2) is 11.9 Å². The molecule has 1 fully saturated rings. The number of anilines is 2. The predicted molar refractivity (Wildman–Crippen MR) is 120 cm³/mol. The molecule has 0 amide bonds. The molecule has 33 heavy (non-hydrogen) atoms. The first-order valence-electron chi connectivity index (χ1n) is 10.7. The maximum atomic E-state index is 10.7. The van der Waals surface area contributed by atoms with E-state index in [9.17, 15) is 20.1 Å². The summed E-state index contributed by atoms with van der Waals surface area (Å²) in [5.41, 5.74) is 9.44. The number of nitrogens with two attached hydrogens (primary N) is 1. The molecule has 2 aromatic heterocycles. The number of aliphatic hydroxyl groups is 3. The third-order valence-corrected chi connectivity index (χ3v) is 5.72. The van der Waals surface area contributed by atoms with Gasteiger partial charge in [-0.3, -0.25) is 9.36 Å². The van der Waals surface area contributed by atoms with E-state index in [1.165, 1.54) is 10.9 Å². The highest BCUT2D eigenvalue weighted by molar-refractivity contribution is 5.86. The van der Waals surface area contributed by atoms with E-state index in [4.69, 9.17) is 15.6 Å². The molecular weight excluding hydrogens is 430 g/mol. The monoisotopic (exact) mass is 457 g/mol. The van der Waals surface area contributed by atoms with Crippen LogP contribution in [0.4, 0.5) is 11.5 Å². The van der Waals surface area contributed by atoms with Gasteiger partial charge < -0.3 is 36.2 Å². The number of aliphatic carboxylic acids is 1. The molecule has 11 nitrogen and oxygen atoms in total. The molecule has 0 unspecified atom stereocenters. The van der Waals surface area contributed by atoms with Crippen molar-refractivity contribution in [2.75, 3.05) is 24.2 Å². The molecule has 7 N–H and O–H groups in total. The van der Waals surface area contributed by atoms with Gasteiger partial charge in [-0.15, -0.1) is 0 Å². The maximum Gasteiger partial charge on any atom is 0.303 e. The molecular formula is C22H27N5O6. The zero-order valence-electron chi connectivity index (χ0n) is 17.8. The molecule has 0 saturated carbocycles. The normalized spacial score (nSPS) is 22.6. The number of carboxylic acids is 1. The summed E-state index contributed by atoms with van der Waals surface area (Å²) in [5.74, 6) is -0.293. The Morgan fingerprint density at radius 3 is 2.48 bits per heavy atom. The van der Waals surface area contributed by atoms with E-state index >= 15 is 0 Å². The highest BCUT2D eigenvalue weighted by Gasteiger charge is 2.44. The summed E-state index contributed by atoms with van der Waals surface area (Å²) in [5, 5.41) is 41.7. The van der Waals surface area contributed by atoms with Gasteiger partial charge in [0.05, 0.1) is 18.6 Å². The second kappa shape index (κ2) is 9.71. The van der Waals surface area contributed by atoms with E-state index in [2.05, 4.69) is 15.3 Å². The molecule has 3 aromatic rings. The van der Waals surface area contributed by atoms with Crippen LogP contribution in [0.5, 0.6) is 0 Å². The van der Waals surface area contributed by atoms with Crippen LogP contribution in [-0.4, -0.2) is 72.4 Å². The standard InChI is InChI=1S/C22H27N5O6/c23-14-9-16(24-8-7-13-3-1-12(2-4-13)5-6-17(29)30)26-21-18(14)25-11-27(21)22-20(32)19(31)15(10-28)33-22/h1-4,9,11,15,19-20,22,28,31-32H,5-8,10H2,(H,29,30)(H3,23,24,26)/t15-,19-,20-,22-/m1/s1. The van der Waals surface area contributed by atoms with Gasteiger partial charge in [0.1, 0.15) is 29.6 Å². The number of nitrogen functional groups attached to an aromatic ring is 1. The van der Waals surface area contributed by atoms with E-state index < -0.39 is 37.1 Å². The molecule has 1 aliphatic heterocycles. The number of aliphatic hydroxyl groups excluding tert-OH is 3. The number of aryl methyl sites for hydroxylation is 1. The summed E-state index contributed by atoms with van der Waals surface area (Å²) in [4.78, 5) is 19.5. The summed E-state index contributed by atoms with van der Waals surface area (Å²) in [6.07, 6.45) is -1.59. The number of carbonyl (C=O) groups is 1. The highest BCUT2D eigenvalue weighted by Crippen LogP contribution is 2.32. The van der Waals surface area contributed by atoms with Crippen molar-refractivity contribution in [2.45, 2.75) is 43.8 Å². The number of imidazole rings is 1. The molecule has 176 valence electrons. The average Bonchev–Trinajstić information content (AvgIpc) is 3.34. The molecule has 1 aliphatic rings. The zero-order chi connectivity index (χ0) is 23.5. The Hall–Kier alpha value is -3.25. The number of hydrogen-bond donors (Lipinski definition) is 6. The van der Waals surface area contributed by atoms with Crippen molar-refractivity contribution in [3.05, 3.63) is 47.8 Å². The van der Waals surface area contributed by atoms with Gasteiger partial charge in [-0.1, -0.05) is 24.3 Å².